The molecule has 0 saturated carbocycles. The van der Waals surface area contributed by atoms with Gasteiger partial charge in [0.05, 0.1) is 44.4 Å². The summed E-state index contributed by atoms with van der Waals surface area (Å²) in [5.74, 6) is 0. The predicted molar refractivity (Wildman–Crippen MR) is 194 cm³/mol. The van der Waals surface area contributed by atoms with Crippen LogP contribution in [0.4, 0.5) is 0 Å². The number of nitrogens with zero attached hydrogens (tertiary/aromatic N) is 4. The first-order chi connectivity index (χ1) is 23.3. The molecule has 3 aromatic heterocycles. The van der Waals surface area contributed by atoms with Gasteiger partial charge in [0.15, 0.2) is 0 Å². The van der Waals surface area contributed by atoms with Crippen LogP contribution >= 0.6 is 0 Å². The molecule has 0 amide bonds. The maximum absolute atomic E-state index is 10.8. The molecule has 0 radical (unpaired) electrons. The number of rotatable bonds is 3. The van der Waals surface area contributed by atoms with Crippen LogP contribution in [0, 0.1) is 11.3 Å². The SMILES string of the molecule is N#Cc1cc2c3ccccc3n(-c3ccccc3)c2cc1-n1c2ccccc2c2ccc3c(c4ccccc4n3-c3ccccc3)c21. The molecule has 4 heteroatoms. The molecule has 0 aliphatic rings. The van der Waals surface area contributed by atoms with Gasteiger partial charge in [-0.1, -0.05) is 97.1 Å². The highest BCUT2D eigenvalue weighted by Gasteiger charge is 2.23. The minimum Gasteiger partial charge on any atom is -0.309 e. The van der Waals surface area contributed by atoms with E-state index in [9.17, 15) is 5.26 Å². The van der Waals surface area contributed by atoms with Crippen LogP contribution in [0.1, 0.15) is 5.56 Å². The highest BCUT2D eigenvalue weighted by atomic mass is 15.0. The van der Waals surface area contributed by atoms with E-state index in [0.717, 1.165) is 71.7 Å². The average Bonchev–Trinajstić information content (AvgIpc) is 3.77. The Morgan fingerprint density at radius 1 is 0.383 bits per heavy atom. The summed E-state index contributed by atoms with van der Waals surface area (Å²) in [6.45, 7) is 0. The second-order valence-corrected chi connectivity index (χ2v) is 12.1. The van der Waals surface area contributed by atoms with Crippen LogP contribution < -0.4 is 0 Å². The molecule has 0 atom stereocenters. The van der Waals surface area contributed by atoms with Gasteiger partial charge in [-0.25, -0.2) is 0 Å². The van der Waals surface area contributed by atoms with Crippen molar-refractivity contribution in [1.29, 1.82) is 5.26 Å². The predicted octanol–water partition coefficient (Wildman–Crippen LogP) is 10.8. The lowest BCUT2D eigenvalue weighted by Gasteiger charge is -2.13. The van der Waals surface area contributed by atoms with Gasteiger partial charge in [0.2, 0.25) is 0 Å². The molecule has 0 bridgehead atoms. The van der Waals surface area contributed by atoms with Crippen LogP contribution in [-0.2, 0) is 0 Å². The molecule has 0 aliphatic carbocycles. The minimum absolute atomic E-state index is 0.639. The molecule has 0 aliphatic heterocycles. The number of hydrogen-bond acceptors (Lipinski definition) is 1. The second kappa shape index (κ2) is 9.71. The minimum atomic E-state index is 0.639. The lowest BCUT2D eigenvalue weighted by atomic mass is 10.1. The van der Waals surface area contributed by atoms with Crippen molar-refractivity contribution in [1.82, 2.24) is 13.7 Å². The standard InChI is InChI=1S/C43H26N4/c44-27-28-25-35-32-18-8-10-20-36(32)46(30-15-5-2-6-16-30)41(35)26-40(28)47-37-21-11-7-17-31(37)33-23-24-39-42(43(33)47)34-19-9-12-22-38(34)45(39)29-13-3-1-4-14-29/h1-26H. The molecule has 47 heavy (non-hydrogen) atoms. The number of fused-ring (bicyclic) bond motifs is 10. The molecular formula is C43H26N4. The van der Waals surface area contributed by atoms with Crippen molar-refractivity contribution in [2.24, 2.45) is 0 Å². The highest BCUT2D eigenvalue weighted by Crippen LogP contribution is 2.43. The lowest BCUT2D eigenvalue weighted by molar-refractivity contribution is 1.15. The number of nitriles is 1. The third-order valence-corrected chi connectivity index (χ3v) is 9.65. The van der Waals surface area contributed by atoms with E-state index in [1.54, 1.807) is 0 Å². The summed E-state index contributed by atoms with van der Waals surface area (Å²) < 4.78 is 7.01. The molecular weight excluding hydrogens is 573 g/mol. The van der Waals surface area contributed by atoms with Gasteiger partial charge >= 0.3 is 0 Å². The molecule has 0 fully saturated rings. The average molecular weight is 599 g/mol. The summed E-state index contributed by atoms with van der Waals surface area (Å²) in [5, 5.41) is 17.7. The Labute approximate surface area is 270 Å². The zero-order valence-corrected chi connectivity index (χ0v) is 25.3. The quantitative estimate of drug-likeness (QED) is 0.199. The summed E-state index contributed by atoms with van der Waals surface area (Å²) in [6, 6.07) is 58.1. The van der Waals surface area contributed by atoms with Crippen LogP contribution in [0.25, 0.3) is 82.5 Å². The van der Waals surface area contributed by atoms with Gasteiger partial charge in [-0.15, -0.1) is 0 Å². The van der Waals surface area contributed by atoms with Crippen molar-refractivity contribution in [3.8, 4) is 23.1 Å². The Hall–Kier alpha value is -6.57. The van der Waals surface area contributed by atoms with E-state index >= 15 is 0 Å². The van der Waals surface area contributed by atoms with Crippen LogP contribution in [0.15, 0.2) is 158 Å². The zero-order chi connectivity index (χ0) is 31.1. The summed E-state index contributed by atoms with van der Waals surface area (Å²) >= 11 is 0. The first-order valence-corrected chi connectivity index (χ1v) is 15.9. The fourth-order valence-electron chi connectivity index (χ4n) is 7.75. The summed E-state index contributed by atoms with van der Waals surface area (Å²) in [7, 11) is 0. The van der Waals surface area contributed by atoms with Crippen molar-refractivity contribution in [3.05, 3.63) is 163 Å². The van der Waals surface area contributed by atoms with E-state index in [-0.39, 0.29) is 0 Å². The summed E-state index contributed by atoms with van der Waals surface area (Å²) in [4.78, 5) is 0. The van der Waals surface area contributed by atoms with Gasteiger partial charge in [-0.2, -0.15) is 5.26 Å². The fraction of sp³-hybridized carbons (Fsp3) is 0. The van der Waals surface area contributed by atoms with Crippen molar-refractivity contribution in [2.45, 2.75) is 0 Å². The monoisotopic (exact) mass is 598 g/mol. The fourth-order valence-corrected chi connectivity index (χ4v) is 7.75. The van der Waals surface area contributed by atoms with Crippen molar-refractivity contribution < 1.29 is 0 Å². The van der Waals surface area contributed by atoms with Crippen molar-refractivity contribution in [3.63, 3.8) is 0 Å². The lowest BCUT2D eigenvalue weighted by Crippen LogP contribution is -2.00. The molecule has 4 nitrogen and oxygen atoms in total. The molecule has 218 valence electrons. The second-order valence-electron chi connectivity index (χ2n) is 12.1. The van der Waals surface area contributed by atoms with E-state index in [0.29, 0.717) is 5.56 Å². The molecule has 10 rings (SSSR count). The molecule has 3 heterocycles. The zero-order valence-electron chi connectivity index (χ0n) is 25.3. The number of hydrogen-bond donors (Lipinski definition) is 0. The maximum atomic E-state index is 10.8. The van der Waals surface area contributed by atoms with E-state index in [1.165, 1.54) is 10.8 Å². The normalized spacial score (nSPS) is 11.8. The molecule has 0 saturated heterocycles. The highest BCUT2D eigenvalue weighted by molar-refractivity contribution is 6.26. The Kier molecular flexibility index (Phi) is 5.32. The summed E-state index contributed by atoms with van der Waals surface area (Å²) in [5.41, 5.74) is 10.4. The molecule has 7 aromatic carbocycles. The van der Waals surface area contributed by atoms with Gasteiger partial charge in [-0.05, 0) is 60.7 Å². The van der Waals surface area contributed by atoms with Crippen LogP contribution in [0.2, 0.25) is 0 Å². The number of para-hydroxylation sites is 5. The van der Waals surface area contributed by atoms with E-state index in [4.69, 9.17) is 0 Å². The van der Waals surface area contributed by atoms with Gasteiger partial charge in [0, 0.05) is 43.7 Å². The first kappa shape index (κ1) is 25.7. The van der Waals surface area contributed by atoms with Crippen molar-refractivity contribution >= 4 is 65.4 Å². The van der Waals surface area contributed by atoms with Gasteiger partial charge in [0.1, 0.15) is 6.07 Å². The molecule has 0 N–H and O–H groups in total. The van der Waals surface area contributed by atoms with Gasteiger partial charge < -0.3 is 13.7 Å². The topological polar surface area (TPSA) is 38.6 Å². The largest absolute Gasteiger partial charge is 0.309 e. The molecule has 10 aromatic rings. The van der Waals surface area contributed by atoms with Crippen molar-refractivity contribution in [2.75, 3.05) is 0 Å². The van der Waals surface area contributed by atoms with Crippen LogP contribution in [0.5, 0.6) is 0 Å². The number of aromatic nitrogens is 3. The van der Waals surface area contributed by atoms with E-state index in [2.05, 4.69) is 171 Å². The van der Waals surface area contributed by atoms with Gasteiger partial charge in [0.25, 0.3) is 0 Å². The van der Waals surface area contributed by atoms with E-state index in [1.807, 2.05) is 6.07 Å². The van der Waals surface area contributed by atoms with Crippen LogP contribution in [-0.4, -0.2) is 13.7 Å². The Balaban J connectivity index is 1.42. The number of benzene rings is 7. The van der Waals surface area contributed by atoms with Gasteiger partial charge in [-0.3, -0.25) is 0 Å². The Morgan fingerprint density at radius 2 is 0.894 bits per heavy atom. The first-order valence-electron chi connectivity index (χ1n) is 15.9. The maximum Gasteiger partial charge on any atom is 0.101 e. The van der Waals surface area contributed by atoms with Crippen LogP contribution in [0.3, 0.4) is 0 Å². The summed E-state index contributed by atoms with van der Waals surface area (Å²) in [6.07, 6.45) is 0. The third kappa shape index (κ3) is 3.51. The molecule has 0 unspecified atom stereocenters. The Morgan fingerprint density at radius 3 is 1.53 bits per heavy atom. The smallest absolute Gasteiger partial charge is 0.101 e. The Bertz CT molecular complexity index is 2900. The third-order valence-electron chi connectivity index (χ3n) is 9.65. The van der Waals surface area contributed by atoms with E-state index < -0.39 is 0 Å². The molecule has 0 spiro atoms.